The maximum atomic E-state index is 14.9. The summed E-state index contributed by atoms with van der Waals surface area (Å²) in [6.45, 7) is 0.391. The van der Waals surface area contributed by atoms with Crippen LogP contribution in [0.5, 0.6) is 5.75 Å². The number of aromatic nitrogens is 4. The number of benzene rings is 1. The maximum absolute atomic E-state index is 14.9. The second kappa shape index (κ2) is 10.5. The van der Waals surface area contributed by atoms with Crippen molar-refractivity contribution in [3.63, 3.8) is 0 Å². The van der Waals surface area contributed by atoms with Crippen molar-refractivity contribution in [2.75, 3.05) is 30.8 Å². The minimum atomic E-state index is -3.01. The summed E-state index contributed by atoms with van der Waals surface area (Å²) in [5.74, 6) is -1.47. The molecule has 0 spiro atoms. The summed E-state index contributed by atoms with van der Waals surface area (Å²) in [6, 6.07) is 7.02. The Morgan fingerprint density at radius 3 is 2.69 bits per heavy atom. The minimum Gasteiger partial charge on any atom is -0.494 e. The molecule has 5 rings (SSSR count). The Kier molecular flexibility index (Phi) is 7.27. The van der Waals surface area contributed by atoms with E-state index < -0.39 is 29.7 Å². The molecule has 1 saturated heterocycles. The van der Waals surface area contributed by atoms with Crippen LogP contribution in [0.4, 0.5) is 29.1 Å². The van der Waals surface area contributed by atoms with Gasteiger partial charge in [0.15, 0.2) is 17.4 Å². The SMILES string of the molecule is COc1cc(F)c(-c2cc(Sc3ccc4c(N)ncnn34)c(N3CCC[C@](N)([C@H](O)C(F)F)C3)cn2)cc1F. The Balaban J connectivity index is 1.60. The third kappa shape index (κ3) is 5.06. The fourth-order valence-corrected chi connectivity index (χ4v) is 5.76. The molecule has 0 bridgehead atoms. The molecule has 1 aromatic carbocycles. The van der Waals surface area contributed by atoms with Gasteiger partial charge in [0.2, 0.25) is 0 Å². The first-order chi connectivity index (χ1) is 18.6. The largest absolute Gasteiger partial charge is 0.494 e. The highest BCUT2D eigenvalue weighted by Gasteiger charge is 2.43. The number of aliphatic hydroxyl groups is 1. The molecule has 1 fully saturated rings. The van der Waals surface area contributed by atoms with Gasteiger partial charge in [-0.15, -0.1) is 0 Å². The first kappa shape index (κ1) is 27.0. The highest BCUT2D eigenvalue weighted by atomic mass is 32.2. The zero-order valence-corrected chi connectivity index (χ0v) is 21.5. The number of methoxy groups -OCH3 is 1. The molecule has 9 nitrogen and oxygen atoms in total. The van der Waals surface area contributed by atoms with Crippen LogP contribution in [0.1, 0.15) is 12.8 Å². The van der Waals surface area contributed by atoms with Crippen molar-refractivity contribution in [3.05, 3.63) is 54.5 Å². The Bertz CT molecular complexity index is 1520. The molecular weight excluding hydrogens is 538 g/mol. The number of nitrogens with two attached hydrogens (primary N) is 2. The second-order valence-corrected chi connectivity index (χ2v) is 10.3. The number of nitrogens with zero attached hydrogens (tertiary/aromatic N) is 5. The van der Waals surface area contributed by atoms with Gasteiger partial charge in [0.25, 0.3) is 6.43 Å². The van der Waals surface area contributed by atoms with E-state index in [9.17, 15) is 22.7 Å². The van der Waals surface area contributed by atoms with Crippen LogP contribution < -0.4 is 21.1 Å². The van der Waals surface area contributed by atoms with E-state index in [1.54, 1.807) is 27.6 Å². The second-order valence-electron chi connectivity index (χ2n) is 9.26. The lowest BCUT2D eigenvalue weighted by molar-refractivity contribution is -0.0529. The molecule has 206 valence electrons. The van der Waals surface area contributed by atoms with Gasteiger partial charge in [-0.25, -0.2) is 27.1 Å². The molecule has 14 heteroatoms. The van der Waals surface area contributed by atoms with Gasteiger partial charge < -0.3 is 26.2 Å². The summed E-state index contributed by atoms with van der Waals surface area (Å²) >= 11 is 1.24. The lowest BCUT2D eigenvalue weighted by atomic mass is 9.84. The Morgan fingerprint density at radius 2 is 1.95 bits per heavy atom. The van der Waals surface area contributed by atoms with Crippen LogP contribution in [0.2, 0.25) is 0 Å². The standard InChI is InChI=1S/C25H25F4N7O2S/c1-38-19-8-14(26)13(7-15(19)27)16-9-20(39-21-4-3-17-24(30)33-12-34-36(17)21)18(10-32-16)35-6-2-5-25(31,11-35)22(37)23(28)29/h3-4,7-10,12,22-23,37H,2,5-6,11,31H2,1H3,(H2,30,33,34)/t22-,25-/m1/s1. The topological polar surface area (TPSA) is 128 Å². The number of ether oxygens (including phenoxy) is 1. The number of pyridine rings is 1. The van der Waals surface area contributed by atoms with E-state index in [4.69, 9.17) is 16.2 Å². The van der Waals surface area contributed by atoms with Crippen molar-refractivity contribution in [3.8, 4) is 17.0 Å². The van der Waals surface area contributed by atoms with E-state index in [1.165, 1.54) is 31.4 Å². The number of anilines is 2. The number of rotatable bonds is 7. The van der Waals surface area contributed by atoms with E-state index >= 15 is 0 Å². The van der Waals surface area contributed by atoms with Gasteiger partial charge in [-0.1, -0.05) is 11.8 Å². The molecule has 39 heavy (non-hydrogen) atoms. The Labute approximate surface area is 224 Å². The van der Waals surface area contributed by atoms with E-state index in [0.29, 0.717) is 34.1 Å². The first-order valence-electron chi connectivity index (χ1n) is 11.9. The van der Waals surface area contributed by atoms with Crippen molar-refractivity contribution in [1.82, 2.24) is 19.6 Å². The predicted octanol–water partition coefficient (Wildman–Crippen LogP) is 3.74. The lowest BCUT2D eigenvalue weighted by Gasteiger charge is -2.44. The summed E-state index contributed by atoms with van der Waals surface area (Å²) < 4.78 is 62.6. The van der Waals surface area contributed by atoms with Gasteiger partial charge in [-0.05, 0) is 37.1 Å². The number of nitrogen functional groups attached to an aromatic ring is 1. The zero-order valence-electron chi connectivity index (χ0n) is 20.7. The van der Waals surface area contributed by atoms with Crippen LogP contribution >= 0.6 is 11.8 Å². The van der Waals surface area contributed by atoms with Gasteiger partial charge in [-0.2, -0.15) is 5.10 Å². The average molecular weight is 564 g/mol. The molecule has 0 amide bonds. The van der Waals surface area contributed by atoms with Crippen LogP contribution in [0.25, 0.3) is 16.8 Å². The summed E-state index contributed by atoms with van der Waals surface area (Å²) in [5.41, 5.74) is 11.8. The van der Waals surface area contributed by atoms with E-state index in [-0.39, 0.29) is 35.8 Å². The third-order valence-electron chi connectivity index (χ3n) is 6.75. The molecule has 2 atom stereocenters. The molecule has 0 radical (unpaired) electrons. The highest BCUT2D eigenvalue weighted by Crippen LogP contribution is 2.41. The lowest BCUT2D eigenvalue weighted by Crippen LogP contribution is -2.63. The molecule has 3 aromatic heterocycles. The predicted molar refractivity (Wildman–Crippen MR) is 138 cm³/mol. The highest BCUT2D eigenvalue weighted by molar-refractivity contribution is 7.99. The molecule has 4 heterocycles. The van der Waals surface area contributed by atoms with Crippen molar-refractivity contribution >= 4 is 28.8 Å². The molecule has 1 aliphatic heterocycles. The van der Waals surface area contributed by atoms with Crippen LogP contribution in [-0.4, -0.2) is 63.0 Å². The maximum Gasteiger partial charge on any atom is 0.265 e. The fraction of sp³-hybridized carbons (Fsp3) is 0.320. The Hall–Kier alpha value is -3.62. The van der Waals surface area contributed by atoms with Crippen LogP contribution in [0.3, 0.4) is 0 Å². The van der Waals surface area contributed by atoms with E-state index in [0.717, 1.165) is 12.1 Å². The summed E-state index contributed by atoms with van der Waals surface area (Å²) in [7, 11) is 1.23. The first-order valence-corrected chi connectivity index (χ1v) is 12.7. The summed E-state index contributed by atoms with van der Waals surface area (Å²) in [6.07, 6.45) is -1.61. The number of hydrogen-bond donors (Lipinski definition) is 3. The van der Waals surface area contributed by atoms with Gasteiger partial charge >= 0.3 is 0 Å². The molecule has 1 aliphatic rings. The monoisotopic (exact) mass is 563 g/mol. The van der Waals surface area contributed by atoms with Crippen LogP contribution in [0.15, 0.2) is 52.8 Å². The number of aliphatic hydroxyl groups excluding tert-OH is 1. The number of fused-ring (bicyclic) bond motifs is 1. The summed E-state index contributed by atoms with van der Waals surface area (Å²) in [4.78, 5) is 10.7. The zero-order chi connectivity index (χ0) is 27.9. The third-order valence-corrected chi connectivity index (χ3v) is 7.81. The number of alkyl halides is 2. The molecule has 0 aliphatic carbocycles. The van der Waals surface area contributed by atoms with E-state index in [1.807, 2.05) is 0 Å². The molecule has 5 N–H and O–H groups in total. The van der Waals surface area contributed by atoms with Gasteiger partial charge in [0.1, 0.15) is 28.8 Å². The number of hydrogen-bond acceptors (Lipinski definition) is 9. The molecule has 4 aromatic rings. The average Bonchev–Trinajstić information content (AvgIpc) is 3.33. The Morgan fingerprint density at radius 1 is 1.15 bits per heavy atom. The summed E-state index contributed by atoms with van der Waals surface area (Å²) in [5, 5.41) is 15.0. The quantitative estimate of drug-likeness (QED) is 0.288. The van der Waals surface area contributed by atoms with Gasteiger partial charge in [-0.3, -0.25) is 4.98 Å². The van der Waals surface area contributed by atoms with Crippen molar-refractivity contribution in [2.24, 2.45) is 5.73 Å². The van der Waals surface area contributed by atoms with Gasteiger partial charge in [0.05, 0.1) is 30.2 Å². The van der Waals surface area contributed by atoms with Crippen molar-refractivity contribution < 1.29 is 27.4 Å². The van der Waals surface area contributed by atoms with Crippen LogP contribution in [-0.2, 0) is 0 Å². The smallest absolute Gasteiger partial charge is 0.265 e. The fourth-order valence-electron chi connectivity index (χ4n) is 4.71. The number of halogens is 4. The molecule has 0 unspecified atom stereocenters. The minimum absolute atomic E-state index is 0.0668. The van der Waals surface area contributed by atoms with E-state index in [2.05, 4.69) is 15.1 Å². The number of piperidine rings is 1. The van der Waals surface area contributed by atoms with Gasteiger partial charge in [0, 0.05) is 29.6 Å². The van der Waals surface area contributed by atoms with Crippen molar-refractivity contribution in [2.45, 2.75) is 40.8 Å². The van der Waals surface area contributed by atoms with Crippen LogP contribution in [0, 0.1) is 11.6 Å². The normalized spacial score (nSPS) is 18.6. The molecular formula is C25H25F4N7O2S. The van der Waals surface area contributed by atoms with Crippen molar-refractivity contribution in [1.29, 1.82) is 0 Å². The molecule has 0 saturated carbocycles.